The number of pyridine rings is 1. The monoisotopic (exact) mass is 264 g/mol. The van der Waals surface area contributed by atoms with E-state index in [2.05, 4.69) is 16.9 Å². The summed E-state index contributed by atoms with van der Waals surface area (Å²) in [5.41, 5.74) is 0.725. The number of anilines is 1. The molecule has 0 aliphatic rings. The van der Waals surface area contributed by atoms with Crippen LogP contribution in [0.1, 0.15) is 18.5 Å². The summed E-state index contributed by atoms with van der Waals surface area (Å²) in [5, 5.41) is 11.0. The molecule has 19 heavy (non-hydrogen) atoms. The molecule has 6 heteroatoms. The van der Waals surface area contributed by atoms with Crippen molar-refractivity contribution in [3.63, 3.8) is 0 Å². The Hall–Kier alpha value is -2.37. The van der Waals surface area contributed by atoms with Crippen LogP contribution in [0.3, 0.4) is 0 Å². The molecule has 1 aromatic heterocycles. The number of hydrogen-bond acceptors (Lipinski definition) is 4. The van der Waals surface area contributed by atoms with Gasteiger partial charge in [0.2, 0.25) is 0 Å². The van der Waals surface area contributed by atoms with Gasteiger partial charge in [0, 0.05) is 12.1 Å². The van der Waals surface area contributed by atoms with Crippen molar-refractivity contribution in [2.75, 3.05) is 11.9 Å². The maximum atomic E-state index is 11.3. The topological polar surface area (TPSA) is 88.5 Å². The number of carboxylic acids is 1. The minimum atomic E-state index is -0.831. The summed E-state index contributed by atoms with van der Waals surface area (Å²) < 4.78 is 4.76. The van der Waals surface area contributed by atoms with Crippen LogP contribution in [-0.2, 0) is 16.0 Å². The van der Waals surface area contributed by atoms with Gasteiger partial charge in [0.25, 0.3) is 0 Å². The number of aromatic nitrogens is 1. The predicted molar refractivity (Wildman–Crippen MR) is 70.0 cm³/mol. The van der Waals surface area contributed by atoms with Gasteiger partial charge >= 0.3 is 12.1 Å². The third-order valence-electron chi connectivity index (χ3n) is 2.19. The number of nitrogens with one attached hydrogen (secondary N) is 1. The minimum absolute atomic E-state index is 0.0979. The van der Waals surface area contributed by atoms with Crippen LogP contribution < -0.4 is 5.32 Å². The lowest BCUT2D eigenvalue weighted by molar-refractivity contribution is -0.137. The first-order chi connectivity index (χ1) is 9.11. The standard InChI is InChI=1S/C13H16N2O4/c1-2-9-19-13(18)15-11-7-3-5-10(14-11)6-4-8-12(16)17/h2-3,5,7H,1,4,6,8-9H2,(H,16,17)(H,14,15,18). The summed E-state index contributed by atoms with van der Waals surface area (Å²) in [6, 6.07) is 5.16. The highest BCUT2D eigenvalue weighted by Crippen LogP contribution is 2.08. The number of carbonyl (C=O) groups excluding carboxylic acids is 1. The summed E-state index contributed by atoms with van der Waals surface area (Å²) in [4.78, 5) is 25.9. The summed E-state index contributed by atoms with van der Waals surface area (Å²) in [6.45, 7) is 3.56. The molecule has 1 amide bonds. The van der Waals surface area contributed by atoms with Crippen LogP contribution in [0.25, 0.3) is 0 Å². The van der Waals surface area contributed by atoms with Gasteiger partial charge in [-0.2, -0.15) is 0 Å². The van der Waals surface area contributed by atoms with Gasteiger partial charge in [-0.1, -0.05) is 18.7 Å². The molecule has 1 heterocycles. The van der Waals surface area contributed by atoms with Gasteiger partial charge in [0.05, 0.1) is 0 Å². The molecular formula is C13H16N2O4. The van der Waals surface area contributed by atoms with Gasteiger partial charge in [0.15, 0.2) is 0 Å². The van der Waals surface area contributed by atoms with E-state index in [-0.39, 0.29) is 13.0 Å². The molecule has 0 aliphatic carbocycles. The SMILES string of the molecule is C=CCOC(=O)Nc1cccc(CCCC(=O)O)n1. The van der Waals surface area contributed by atoms with E-state index in [0.29, 0.717) is 18.7 Å². The highest BCUT2D eigenvalue weighted by molar-refractivity contribution is 5.83. The number of aliphatic carboxylic acids is 1. The molecule has 0 bridgehead atoms. The highest BCUT2D eigenvalue weighted by Gasteiger charge is 2.04. The molecule has 2 N–H and O–H groups in total. The second-order valence-electron chi connectivity index (χ2n) is 3.77. The lowest BCUT2D eigenvalue weighted by Gasteiger charge is -2.06. The van der Waals surface area contributed by atoms with Crippen LogP contribution in [0.4, 0.5) is 10.6 Å². The van der Waals surface area contributed by atoms with Crippen LogP contribution in [0.15, 0.2) is 30.9 Å². The Morgan fingerprint density at radius 2 is 2.26 bits per heavy atom. The van der Waals surface area contributed by atoms with Gasteiger partial charge in [-0.25, -0.2) is 9.78 Å². The lowest BCUT2D eigenvalue weighted by atomic mass is 10.2. The van der Waals surface area contributed by atoms with Gasteiger partial charge in [-0.05, 0) is 25.0 Å². The minimum Gasteiger partial charge on any atom is -0.481 e. The van der Waals surface area contributed by atoms with E-state index in [0.717, 1.165) is 5.69 Å². The van der Waals surface area contributed by atoms with Crippen molar-refractivity contribution >= 4 is 17.9 Å². The van der Waals surface area contributed by atoms with E-state index >= 15 is 0 Å². The number of amides is 1. The summed E-state index contributed by atoms with van der Waals surface area (Å²) in [5.74, 6) is -0.454. The Morgan fingerprint density at radius 1 is 1.47 bits per heavy atom. The third-order valence-corrected chi connectivity index (χ3v) is 2.19. The number of nitrogens with zero attached hydrogens (tertiary/aromatic N) is 1. The second-order valence-corrected chi connectivity index (χ2v) is 3.77. The van der Waals surface area contributed by atoms with Crippen molar-refractivity contribution in [3.05, 3.63) is 36.5 Å². The molecule has 0 atom stereocenters. The molecule has 0 saturated carbocycles. The number of hydrogen-bond donors (Lipinski definition) is 2. The molecule has 6 nitrogen and oxygen atoms in total. The lowest BCUT2D eigenvalue weighted by Crippen LogP contribution is -2.14. The number of carboxylic acid groups (broad SMARTS) is 1. The Kier molecular flexibility index (Phi) is 6.08. The van der Waals surface area contributed by atoms with Gasteiger partial charge < -0.3 is 9.84 Å². The summed E-state index contributed by atoms with van der Waals surface area (Å²) in [6.07, 6.45) is 2.02. The number of ether oxygens (including phenoxy) is 1. The summed E-state index contributed by atoms with van der Waals surface area (Å²) in [7, 11) is 0. The van der Waals surface area contributed by atoms with E-state index in [4.69, 9.17) is 9.84 Å². The van der Waals surface area contributed by atoms with Crippen LogP contribution >= 0.6 is 0 Å². The van der Waals surface area contributed by atoms with Crippen molar-refractivity contribution < 1.29 is 19.4 Å². The average Bonchev–Trinajstić information content (AvgIpc) is 2.36. The Labute approximate surface area is 111 Å². The Balaban J connectivity index is 2.49. The molecule has 1 aromatic rings. The zero-order valence-corrected chi connectivity index (χ0v) is 10.5. The van der Waals surface area contributed by atoms with Crippen LogP contribution in [0.5, 0.6) is 0 Å². The number of carbonyl (C=O) groups is 2. The first-order valence-electron chi connectivity index (χ1n) is 5.84. The van der Waals surface area contributed by atoms with Crippen molar-refractivity contribution in [2.45, 2.75) is 19.3 Å². The molecule has 0 radical (unpaired) electrons. The van der Waals surface area contributed by atoms with Crippen LogP contribution in [-0.4, -0.2) is 28.8 Å². The molecule has 0 aromatic carbocycles. The molecule has 1 rings (SSSR count). The number of aryl methyl sites for hydroxylation is 1. The van der Waals surface area contributed by atoms with Crippen LogP contribution in [0.2, 0.25) is 0 Å². The quantitative estimate of drug-likeness (QED) is 0.737. The maximum Gasteiger partial charge on any atom is 0.413 e. The smallest absolute Gasteiger partial charge is 0.413 e. The first kappa shape index (κ1) is 14.7. The number of rotatable bonds is 7. The fraction of sp³-hybridized carbons (Fsp3) is 0.308. The van der Waals surface area contributed by atoms with Crippen molar-refractivity contribution in [1.29, 1.82) is 0 Å². The van der Waals surface area contributed by atoms with E-state index in [9.17, 15) is 9.59 Å². The normalized spacial score (nSPS) is 9.68. The highest BCUT2D eigenvalue weighted by atomic mass is 16.5. The zero-order chi connectivity index (χ0) is 14.1. The predicted octanol–water partition coefficient (Wildman–Crippen LogP) is 2.22. The van der Waals surface area contributed by atoms with Gasteiger partial charge in [0.1, 0.15) is 12.4 Å². The van der Waals surface area contributed by atoms with E-state index in [1.807, 2.05) is 0 Å². The Morgan fingerprint density at radius 3 is 2.95 bits per heavy atom. The first-order valence-corrected chi connectivity index (χ1v) is 5.84. The maximum absolute atomic E-state index is 11.3. The molecule has 0 fully saturated rings. The fourth-order valence-corrected chi connectivity index (χ4v) is 1.38. The Bertz CT molecular complexity index is 460. The second kappa shape index (κ2) is 7.86. The molecule has 0 spiro atoms. The van der Waals surface area contributed by atoms with Gasteiger partial charge in [-0.3, -0.25) is 10.1 Å². The van der Waals surface area contributed by atoms with Crippen molar-refractivity contribution in [1.82, 2.24) is 4.98 Å². The molecule has 102 valence electrons. The third kappa shape index (κ3) is 6.21. The van der Waals surface area contributed by atoms with Gasteiger partial charge in [-0.15, -0.1) is 0 Å². The fourth-order valence-electron chi connectivity index (χ4n) is 1.38. The van der Waals surface area contributed by atoms with E-state index in [1.165, 1.54) is 6.08 Å². The molecule has 0 aliphatic heterocycles. The zero-order valence-electron chi connectivity index (χ0n) is 10.5. The van der Waals surface area contributed by atoms with Crippen molar-refractivity contribution in [3.8, 4) is 0 Å². The van der Waals surface area contributed by atoms with Crippen molar-refractivity contribution in [2.24, 2.45) is 0 Å². The molecule has 0 unspecified atom stereocenters. The molecule has 0 saturated heterocycles. The van der Waals surface area contributed by atoms with E-state index < -0.39 is 12.1 Å². The average molecular weight is 264 g/mol. The van der Waals surface area contributed by atoms with E-state index in [1.54, 1.807) is 18.2 Å². The van der Waals surface area contributed by atoms with Crippen LogP contribution in [0, 0.1) is 0 Å². The summed E-state index contributed by atoms with van der Waals surface area (Å²) >= 11 is 0. The molecular weight excluding hydrogens is 248 g/mol. The largest absolute Gasteiger partial charge is 0.481 e.